The predicted octanol–water partition coefficient (Wildman–Crippen LogP) is 2.33. The van der Waals surface area contributed by atoms with Crippen LogP contribution in [-0.4, -0.2) is 54.2 Å². The summed E-state index contributed by atoms with van der Waals surface area (Å²) in [4.78, 5) is 40.1. The molecular formula is C23H24N4O5. The molecule has 0 spiro atoms. The molecular weight excluding hydrogens is 412 g/mol. The van der Waals surface area contributed by atoms with Gasteiger partial charge in [0.25, 0.3) is 5.91 Å². The maximum Gasteiger partial charge on any atom is 0.315 e. The van der Waals surface area contributed by atoms with Gasteiger partial charge in [-0.3, -0.25) is 9.59 Å². The number of benzene rings is 2. The number of rotatable bonds is 3. The van der Waals surface area contributed by atoms with Crippen LogP contribution in [0.4, 0.5) is 10.5 Å². The molecule has 3 aliphatic rings. The first-order chi connectivity index (χ1) is 15.4. The van der Waals surface area contributed by atoms with E-state index in [1.165, 1.54) is 0 Å². The molecule has 2 atom stereocenters. The van der Waals surface area contributed by atoms with Crippen LogP contribution >= 0.6 is 0 Å². The van der Waals surface area contributed by atoms with Crippen LogP contribution in [0.1, 0.15) is 30.6 Å². The fourth-order valence-corrected chi connectivity index (χ4v) is 4.42. The van der Waals surface area contributed by atoms with Gasteiger partial charge in [-0.1, -0.05) is 12.1 Å². The molecule has 3 heterocycles. The summed E-state index contributed by atoms with van der Waals surface area (Å²) in [7, 11) is 0. The fraction of sp³-hybridized carbons (Fsp3) is 0.348. The molecule has 0 unspecified atom stereocenters. The van der Waals surface area contributed by atoms with Gasteiger partial charge in [0.1, 0.15) is 6.04 Å². The Morgan fingerprint density at radius 2 is 1.84 bits per heavy atom. The molecule has 0 saturated carbocycles. The van der Waals surface area contributed by atoms with E-state index < -0.39 is 12.1 Å². The van der Waals surface area contributed by atoms with E-state index in [9.17, 15) is 14.4 Å². The molecule has 166 valence electrons. The number of nitrogens with one attached hydrogen (secondary N) is 3. The van der Waals surface area contributed by atoms with Crippen molar-refractivity contribution in [3.8, 4) is 22.6 Å². The third-order valence-electron chi connectivity index (χ3n) is 5.88. The molecule has 9 heteroatoms. The zero-order chi connectivity index (χ0) is 22.4. The van der Waals surface area contributed by atoms with E-state index in [-0.39, 0.29) is 30.7 Å². The molecule has 0 aliphatic carbocycles. The van der Waals surface area contributed by atoms with Gasteiger partial charge < -0.3 is 30.3 Å². The summed E-state index contributed by atoms with van der Waals surface area (Å²) in [6.45, 7) is 4.29. The molecule has 1 fully saturated rings. The minimum Gasteiger partial charge on any atom is -0.454 e. The van der Waals surface area contributed by atoms with Crippen molar-refractivity contribution >= 4 is 23.5 Å². The Kier molecular flexibility index (Phi) is 4.88. The summed E-state index contributed by atoms with van der Waals surface area (Å²) in [6, 6.07) is 9.38. The van der Waals surface area contributed by atoms with Crippen LogP contribution in [0.3, 0.4) is 0 Å². The highest BCUT2D eigenvalue weighted by Gasteiger charge is 2.45. The fourth-order valence-electron chi connectivity index (χ4n) is 4.42. The first kappa shape index (κ1) is 20.2. The zero-order valence-corrected chi connectivity index (χ0v) is 17.8. The molecule has 2 aromatic carbocycles. The Hall–Kier alpha value is -3.75. The van der Waals surface area contributed by atoms with E-state index in [1.807, 2.05) is 38.1 Å². The van der Waals surface area contributed by atoms with Gasteiger partial charge in [0.15, 0.2) is 11.5 Å². The molecule has 0 bridgehead atoms. The van der Waals surface area contributed by atoms with E-state index in [2.05, 4.69) is 16.0 Å². The topological polar surface area (TPSA) is 109 Å². The second-order valence-electron chi connectivity index (χ2n) is 8.43. The van der Waals surface area contributed by atoms with Crippen LogP contribution in [0.2, 0.25) is 0 Å². The number of fused-ring (bicyclic) bond motifs is 3. The number of anilines is 1. The number of urea groups is 1. The molecule has 3 N–H and O–H groups in total. The Labute approximate surface area is 185 Å². The van der Waals surface area contributed by atoms with Crippen molar-refractivity contribution in [3.63, 3.8) is 0 Å². The van der Waals surface area contributed by atoms with E-state index in [4.69, 9.17) is 9.47 Å². The molecule has 5 rings (SSSR count). The molecule has 4 amide bonds. The maximum absolute atomic E-state index is 13.4. The third kappa shape index (κ3) is 3.49. The lowest BCUT2D eigenvalue weighted by Gasteiger charge is -2.25. The van der Waals surface area contributed by atoms with Gasteiger partial charge in [-0.05, 0) is 55.7 Å². The predicted molar refractivity (Wildman–Crippen MR) is 117 cm³/mol. The Morgan fingerprint density at radius 3 is 2.66 bits per heavy atom. The van der Waals surface area contributed by atoms with Crippen molar-refractivity contribution in [2.24, 2.45) is 0 Å². The minimum atomic E-state index is -0.762. The van der Waals surface area contributed by atoms with Gasteiger partial charge in [-0.2, -0.15) is 0 Å². The van der Waals surface area contributed by atoms with Crippen LogP contribution in [0, 0.1) is 0 Å². The number of nitrogens with zero attached hydrogens (tertiary/aromatic N) is 1. The summed E-state index contributed by atoms with van der Waals surface area (Å²) in [5.41, 5.74) is 2.59. The number of ether oxygens (including phenoxy) is 2. The largest absolute Gasteiger partial charge is 0.454 e. The van der Waals surface area contributed by atoms with Crippen LogP contribution in [0.5, 0.6) is 11.5 Å². The smallest absolute Gasteiger partial charge is 0.315 e. The number of hydrogen-bond donors (Lipinski definition) is 3. The third-order valence-corrected chi connectivity index (χ3v) is 5.88. The normalized spacial score (nSPS) is 21.0. The van der Waals surface area contributed by atoms with Crippen molar-refractivity contribution in [1.82, 2.24) is 15.5 Å². The van der Waals surface area contributed by atoms with Crippen molar-refractivity contribution in [2.75, 3.05) is 18.7 Å². The van der Waals surface area contributed by atoms with Crippen molar-refractivity contribution in [3.05, 3.63) is 42.0 Å². The first-order valence-corrected chi connectivity index (χ1v) is 10.6. The van der Waals surface area contributed by atoms with Crippen molar-refractivity contribution < 1.29 is 23.9 Å². The molecule has 32 heavy (non-hydrogen) atoms. The molecule has 9 nitrogen and oxygen atoms in total. The first-order valence-electron chi connectivity index (χ1n) is 10.6. The highest BCUT2D eigenvalue weighted by Crippen LogP contribution is 2.37. The average molecular weight is 436 g/mol. The number of hydrogen-bond acceptors (Lipinski definition) is 5. The van der Waals surface area contributed by atoms with Crippen LogP contribution in [0.25, 0.3) is 11.1 Å². The SMILES string of the molecule is CC(C)NC(=O)N[C@@H]1CCN2C(=O)c3cc(-c4ccc5c(c4)OCO5)ccc3NC(=O)[C@H]12. The summed E-state index contributed by atoms with van der Waals surface area (Å²) in [5.74, 6) is 0.803. The highest BCUT2D eigenvalue weighted by molar-refractivity contribution is 6.11. The van der Waals surface area contributed by atoms with Gasteiger partial charge in [0, 0.05) is 12.6 Å². The monoisotopic (exact) mass is 436 g/mol. The zero-order valence-electron chi connectivity index (χ0n) is 17.8. The van der Waals surface area contributed by atoms with Crippen LogP contribution in [0.15, 0.2) is 36.4 Å². The van der Waals surface area contributed by atoms with Gasteiger partial charge >= 0.3 is 6.03 Å². The highest BCUT2D eigenvalue weighted by atomic mass is 16.7. The molecule has 1 saturated heterocycles. The summed E-state index contributed by atoms with van der Waals surface area (Å²) in [5, 5.41) is 8.48. The Bertz CT molecular complexity index is 1120. The second kappa shape index (κ2) is 7.74. The number of carbonyl (C=O) groups excluding carboxylic acids is 3. The minimum absolute atomic E-state index is 0.0315. The lowest BCUT2D eigenvalue weighted by Crippen LogP contribution is -2.54. The summed E-state index contributed by atoms with van der Waals surface area (Å²) in [6.07, 6.45) is 0.506. The summed E-state index contributed by atoms with van der Waals surface area (Å²) < 4.78 is 10.8. The average Bonchev–Trinajstić information content (AvgIpc) is 3.37. The molecule has 0 radical (unpaired) electrons. The van der Waals surface area contributed by atoms with Crippen LogP contribution < -0.4 is 25.4 Å². The van der Waals surface area contributed by atoms with E-state index in [0.717, 1.165) is 11.1 Å². The standard InChI is InChI=1S/C23H24N4O5/c1-12(2)24-23(30)26-17-7-8-27-20(17)21(28)25-16-5-3-13(9-15(16)22(27)29)14-4-6-18-19(10-14)32-11-31-18/h3-6,9-10,12,17,20H,7-8,11H2,1-2H3,(H,25,28)(H2,24,26,30)/t17-,20+/m1/s1. The van der Waals surface area contributed by atoms with E-state index in [0.29, 0.717) is 35.7 Å². The van der Waals surface area contributed by atoms with Gasteiger partial charge in [-0.15, -0.1) is 0 Å². The van der Waals surface area contributed by atoms with Gasteiger partial charge in [-0.25, -0.2) is 4.79 Å². The van der Waals surface area contributed by atoms with E-state index in [1.54, 1.807) is 17.0 Å². The van der Waals surface area contributed by atoms with Gasteiger partial charge in [0.05, 0.1) is 17.3 Å². The Morgan fingerprint density at radius 1 is 1.09 bits per heavy atom. The molecule has 3 aliphatic heterocycles. The second-order valence-corrected chi connectivity index (χ2v) is 8.43. The van der Waals surface area contributed by atoms with E-state index >= 15 is 0 Å². The lowest BCUT2D eigenvalue weighted by atomic mass is 10.0. The quantitative estimate of drug-likeness (QED) is 0.684. The lowest BCUT2D eigenvalue weighted by molar-refractivity contribution is -0.120. The number of amides is 4. The summed E-state index contributed by atoms with van der Waals surface area (Å²) >= 11 is 0. The maximum atomic E-state index is 13.4. The van der Waals surface area contributed by atoms with Gasteiger partial charge in [0.2, 0.25) is 12.7 Å². The van der Waals surface area contributed by atoms with Crippen LogP contribution in [-0.2, 0) is 4.79 Å². The number of carbonyl (C=O) groups is 3. The van der Waals surface area contributed by atoms with Crippen molar-refractivity contribution in [2.45, 2.75) is 38.4 Å². The van der Waals surface area contributed by atoms with Crippen molar-refractivity contribution in [1.29, 1.82) is 0 Å². The molecule has 2 aromatic rings. The Balaban J connectivity index is 1.43. The molecule has 0 aromatic heterocycles.